The van der Waals surface area contributed by atoms with Crippen LogP contribution in [-0.2, 0) is 12.8 Å². The molecule has 1 saturated carbocycles. The van der Waals surface area contributed by atoms with Crippen molar-refractivity contribution in [1.82, 2.24) is 5.32 Å². The maximum atomic E-state index is 13.1. The van der Waals surface area contributed by atoms with E-state index in [1.807, 2.05) is 24.3 Å². The van der Waals surface area contributed by atoms with E-state index in [4.69, 9.17) is 0 Å². The third-order valence-electron chi connectivity index (χ3n) is 6.23. The molecule has 2 aromatic carbocycles. The van der Waals surface area contributed by atoms with Crippen molar-refractivity contribution in [3.8, 4) is 0 Å². The van der Waals surface area contributed by atoms with Gasteiger partial charge in [-0.1, -0.05) is 106 Å². The van der Waals surface area contributed by atoms with Gasteiger partial charge < -0.3 is 5.32 Å². The zero-order chi connectivity index (χ0) is 20.2. The summed E-state index contributed by atoms with van der Waals surface area (Å²) in [6, 6.07) is 19.0. The normalized spacial score (nSPS) is 17.1. The van der Waals surface area contributed by atoms with Crippen molar-refractivity contribution in [3.05, 3.63) is 71.3 Å². The molecule has 1 fully saturated rings. The fraction of sp³-hybridized carbons (Fsp3) is 0.519. The summed E-state index contributed by atoms with van der Waals surface area (Å²) < 4.78 is 0. The summed E-state index contributed by atoms with van der Waals surface area (Å²) in [4.78, 5) is 13.1. The predicted octanol–water partition coefficient (Wildman–Crippen LogP) is 6.87. The first-order valence-electron chi connectivity index (χ1n) is 11.8. The van der Waals surface area contributed by atoms with Gasteiger partial charge in [0.25, 0.3) is 5.91 Å². The van der Waals surface area contributed by atoms with Crippen LogP contribution in [0.1, 0.15) is 92.1 Å². The zero-order valence-electron chi connectivity index (χ0n) is 17.9. The van der Waals surface area contributed by atoms with E-state index >= 15 is 0 Å². The monoisotopic (exact) mass is 391 g/mol. The van der Waals surface area contributed by atoms with Crippen LogP contribution in [-0.4, -0.2) is 11.9 Å². The molecule has 0 bridgehead atoms. The van der Waals surface area contributed by atoms with Gasteiger partial charge in [0.2, 0.25) is 0 Å². The lowest BCUT2D eigenvalue weighted by Crippen LogP contribution is -2.35. The molecule has 0 aliphatic heterocycles. The van der Waals surface area contributed by atoms with Gasteiger partial charge in [0.05, 0.1) is 0 Å². The number of carbonyl (C=O) groups excluding carboxylic acids is 1. The van der Waals surface area contributed by atoms with Gasteiger partial charge >= 0.3 is 0 Å². The molecule has 0 radical (unpaired) electrons. The van der Waals surface area contributed by atoms with Gasteiger partial charge in [-0.15, -0.1) is 0 Å². The fourth-order valence-corrected chi connectivity index (χ4v) is 4.45. The van der Waals surface area contributed by atoms with Crippen molar-refractivity contribution in [2.75, 3.05) is 0 Å². The average Bonchev–Trinajstić information content (AvgIpc) is 2.75. The van der Waals surface area contributed by atoms with Gasteiger partial charge in [0, 0.05) is 11.6 Å². The molecule has 2 aromatic rings. The van der Waals surface area contributed by atoms with E-state index in [0.29, 0.717) is 6.04 Å². The minimum Gasteiger partial charge on any atom is -0.349 e. The third kappa shape index (κ3) is 7.68. The summed E-state index contributed by atoms with van der Waals surface area (Å²) in [6.07, 6.45) is 16.1. The molecule has 1 N–H and O–H groups in total. The number of rotatable bonds is 5. The van der Waals surface area contributed by atoms with E-state index < -0.39 is 0 Å². The maximum Gasteiger partial charge on any atom is 0.251 e. The van der Waals surface area contributed by atoms with E-state index in [2.05, 4.69) is 35.6 Å². The highest BCUT2D eigenvalue weighted by molar-refractivity contribution is 5.95. The maximum absolute atomic E-state index is 13.1. The average molecular weight is 392 g/mol. The zero-order valence-corrected chi connectivity index (χ0v) is 17.9. The van der Waals surface area contributed by atoms with E-state index in [1.54, 1.807) is 0 Å². The van der Waals surface area contributed by atoms with Crippen molar-refractivity contribution >= 4 is 5.91 Å². The quantitative estimate of drug-likeness (QED) is 0.591. The smallest absolute Gasteiger partial charge is 0.251 e. The number of hydrogen-bond acceptors (Lipinski definition) is 1. The highest BCUT2D eigenvalue weighted by atomic mass is 16.1. The van der Waals surface area contributed by atoms with Crippen LogP contribution in [0.4, 0.5) is 0 Å². The number of nitrogens with one attached hydrogen (secondary N) is 1. The summed E-state index contributed by atoms with van der Waals surface area (Å²) >= 11 is 0. The van der Waals surface area contributed by atoms with Crippen molar-refractivity contribution in [3.63, 3.8) is 0 Å². The molecule has 0 aromatic heterocycles. The summed E-state index contributed by atoms with van der Waals surface area (Å²) in [6.45, 7) is 0. The van der Waals surface area contributed by atoms with Crippen LogP contribution < -0.4 is 5.32 Å². The Kier molecular flexibility index (Phi) is 9.29. The molecule has 0 saturated heterocycles. The molecule has 1 amide bonds. The third-order valence-corrected chi connectivity index (χ3v) is 6.23. The van der Waals surface area contributed by atoms with E-state index in [-0.39, 0.29) is 5.91 Å². The number of aryl methyl sites for hydroxylation is 2. The number of amides is 1. The topological polar surface area (TPSA) is 29.1 Å². The largest absolute Gasteiger partial charge is 0.349 e. The standard InChI is InChI=1S/C27H37NO/c29-27(28-25-18-11-6-4-2-1-3-5-7-12-19-25)26-20-14-13-17-24(26)22-21-23-15-9-8-10-16-23/h8-10,13-17,20,25H,1-7,11-12,18-19,21-22H2,(H,28,29). The molecule has 2 heteroatoms. The van der Waals surface area contributed by atoms with Crippen LogP contribution in [0.25, 0.3) is 0 Å². The second-order valence-electron chi connectivity index (χ2n) is 8.57. The fourth-order valence-electron chi connectivity index (χ4n) is 4.45. The van der Waals surface area contributed by atoms with Crippen molar-refractivity contribution in [2.45, 2.75) is 89.5 Å². The molecule has 0 heterocycles. The first kappa shape index (κ1) is 21.6. The Morgan fingerprint density at radius 1 is 0.690 bits per heavy atom. The number of carbonyl (C=O) groups is 1. The predicted molar refractivity (Wildman–Crippen MR) is 122 cm³/mol. The molecule has 0 spiro atoms. The molecule has 2 nitrogen and oxygen atoms in total. The van der Waals surface area contributed by atoms with Gasteiger partial charge in [-0.05, 0) is 42.9 Å². The Hall–Kier alpha value is -2.09. The Morgan fingerprint density at radius 3 is 1.90 bits per heavy atom. The minimum atomic E-state index is 0.116. The molecule has 0 unspecified atom stereocenters. The van der Waals surface area contributed by atoms with Crippen LogP contribution in [0, 0.1) is 0 Å². The Balaban J connectivity index is 1.59. The Labute approximate surface area is 177 Å². The second-order valence-corrected chi connectivity index (χ2v) is 8.57. The van der Waals surface area contributed by atoms with E-state index in [0.717, 1.165) is 36.8 Å². The minimum absolute atomic E-state index is 0.116. The van der Waals surface area contributed by atoms with Gasteiger partial charge in [-0.3, -0.25) is 4.79 Å². The molecule has 29 heavy (non-hydrogen) atoms. The van der Waals surface area contributed by atoms with Crippen LogP contribution in [0.3, 0.4) is 0 Å². The molecule has 156 valence electrons. The summed E-state index contributed by atoms with van der Waals surface area (Å²) in [5.41, 5.74) is 3.33. The summed E-state index contributed by atoms with van der Waals surface area (Å²) in [5, 5.41) is 3.39. The lowest BCUT2D eigenvalue weighted by molar-refractivity contribution is 0.0930. The summed E-state index contributed by atoms with van der Waals surface area (Å²) in [5.74, 6) is 0.116. The molecule has 0 atom stereocenters. The number of benzene rings is 2. The van der Waals surface area contributed by atoms with Crippen LogP contribution in [0.2, 0.25) is 0 Å². The second kappa shape index (κ2) is 12.5. The highest BCUT2D eigenvalue weighted by Gasteiger charge is 2.16. The highest BCUT2D eigenvalue weighted by Crippen LogP contribution is 2.18. The van der Waals surface area contributed by atoms with Crippen molar-refractivity contribution in [1.29, 1.82) is 0 Å². The molecule has 3 rings (SSSR count). The summed E-state index contributed by atoms with van der Waals surface area (Å²) in [7, 11) is 0. The Morgan fingerprint density at radius 2 is 1.24 bits per heavy atom. The van der Waals surface area contributed by atoms with E-state index in [1.165, 1.54) is 63.4 Å². The SMILES string of the molecule is O=C(NC1CCCCCCCCCCC1)c1ccccc1CCc1ccccc1. The first-order chi connectivity index (χ1) is 14.3. The van der Waals surface area contributed by atoms with Gasteiger partial charge in [0.15, 0.2) is 0 Å². The number of hydrogen-bond donors (Lipinski definition) is 1. The molecule has 1 aliphatic rings. The lowest BCUT2D eigenvalue weighted by Gasteiger charge is -2.20. The van der Waals surface area contributed by atoms with Gasteiger partial charge in [-0.2, -0.15) is 0 Å². The molecular formula is C27H37NO. The van der Waals surface area contributed by atoms with Crippen LogP contribution >= 0.6 is 0 Å². The van der Waals surface area contributed by atoms with Gasteiger partial charge in [0.1, 0.15) is 0 Å². The van der Waals surface area contributed by atoms with Gasteiger partial charge in [-0.25, -0.2) is 0 Å². The van der Waals surface area contributed by atoms with Crippen molar-refractivity contribution in [2.24, 2.45) is 0 Å². The molecule has 1 aliphatic carbocycles. The first-order valence-corrected chi connectivity index (χ1v) is 11.8. The Bertz CT molecular complexity index is 712. The van der Waals surface area contributed by atoms with E-state index in [9.17, 15) is 4.79 Å². The molecular weight excluding hydrogens is 354 g/mol. The van der Waals surface area contributed by atoms with Crippen LogP contribution in [0.5, 0.6) is 0 Å². The van der Waals surface area contributed by atoms with Crippen LogP contribution in [0.15, 0.2) is 54.6 Å². The lowest BCUT2D eigenvalue weighted by atomic mass is 9.96. The van der Waals surface area contributed by atoms with Crippen molar-refractivity contribution < 1.29 is 4.79 Å².